The first-order chi connectivity index (χ1) is 18.4. The second-order valence-electron chi connectivity index (χ2n) is 10.0. The minimum Gasteiger partial charge on any atom is -0.493 e. The highest BCUT2D eigenvalue weighted by Gasteiger charge is 2.35. The van der Waals surface area contributed by atoms with E-state index in [0.29, 0.717) is 49.9 Å². The summed E-state index contributed by atoms with van der Waals surface area (Å²) in [5.41, 5.74) is 2.02. The first-order valence-electron chi connectivity index (χ1n) is 13.3. The predicted molar refractivity (Wildman–Crippen MR) is 144 cm³/mol. The van der Waals surface area contributed by atoms with E-state index in [9.17, 15) is 9.59 Å². The second kappa shape index (κ2) is 15.2. The number of carbonyl (C=O) groups excluding carboxylic acids is 2. The second-order valence-corrected chi connectivity index (χ2v) is 10.0. The van der Waals surface area contributed by atoms with Gasteiger partial charge in [-0.05, 0) is 54.4 Å². The summed E-state index contributed by atoms with van der Waals surface area (Å²) in [7, 11) is 3.30. The van der Waals surface area contributed by atoms with Crippen LogP contribution in [0.1, 0.15) is 50.7 Å². The highest BCUT2D eigenvalue weighted by molar-refractivity contribution is 5.72. The molecule has 0 bridgehead atoms. The maximum Gasteiger partial charge on any atom is 0.407 e. The smallest absolute Gasteiger partial charge is 0.407 e. The highest BCUT2D eigenvalue weighted by atomic mass is 16.6. The van der Waals surface area contributed by atoms with Crippen LogP contribution in [0.25, 0.3) is 0 Å². The average molecular weight is 528 g/mol. The maximum atomic E-state index is 12.7. The van der Waals surface area contributed by atoms with E-state index < -0.39 is 6.09 Å². The van der Waals surface area contributed by atoms with E-state index in [1.165, 1.54) is 0 Å². The van der Waals surface area contributed by atoms with E-state index in [1.54, 1.807) is 14.2 Å². The van der Waals surface area contributed by atoms with Gasteiger partial charge in [0.05, 0.1) is 19.8 Å². The molecule has 3 rings (SSSR count). The summed E-state index contributed by atoms with van der Waals surface area (Å²) >= 11 is 0. The number of ether oxygens (including phenoxy) is 5. The van der Waals surface area contributed by atoms with E-state index >= 15 is 0 Å². The zero-order chi connectivity index (χ0) is 27.3. The molecule has 0 spiro atoms. The molecule has 1 N–H and O–H groups in total. The Morgan fingerprint density at radius 1 is 1.05 bits per heavy atom. The van der Waals surface area contributed by atoms with Gasteiger partial charge in [-0.15, -0.1) is 0 Å². The lowest BCUT2D eigenvalue weighted by Crippen LogP contribution is -2.45. The van der Waals surface area contributed by atoms with Crippen molar-refractivity contribution in [3.8, 4) is 11.5 Å². The molecule has 0 aliphatic carbocycles. The van der Waals surface area contributed by atoms with Crippen molar-refractivity contribution in [2.75, 3.05) is 27.4 Å². The van der Waals surface area contributed by atoms with Crippen LogP contribution in [0.2, 0.25) is 0 Å². The Morgan fingerprint density at radius 3 is 2.50 bits per heavy atom. The summed E-state index contributed by atoms with van der Waals surface area (Å²) in [5.74, 6) is 1.69. The Labute approximate surface area is 225 Å². The quantitative estimate of drug-likeness (QED) is 0.248. The van der Waals surface area contributed by atoms with Gasteiger partial charge in [-0.3, -0.25) is 4.79 Å². The van der Waals surface area contributed by atoms with E-state index in [-0.39, 0.29) is 30.6 Å². The van der Waals surface area contributed by atoms with E-state index in [2.05, 4.69) is 19.2 Å². The number of esters is 1. The SMILES string of the molecule is COCCCOc1cc(C[C@H](C[C@@H](NC(=O)OCc2ccccc2)[C@H]2CCC(=O)O2)C(C)C)ccc1OC. The minimum absolute atomic E-state index is 0.177. The third-order valence-corrected chi connectivity index (χ3v) is 6.86. The van der Waals surface area contributed by atoms with Gasteiger partial charge in [0.25, 0.3) is 0 Å². The number of carbonyl (C=O) groups is 2. The lowest BCUT2D eigenvalue weighted by Gasteiger charge is -2.30. The van der Waals surface area contributed by atoms with E-state index in [1.807, 2.05) is 48.5 Å². The molecule has 0 unspecified atom stereocenters. The Bertz CT molecular complexity index is 1010. The standard InChI is InChI=1S/C30H41NO7/c1-21(2)24(17-23-11-12-27(35-4)28(18-23)36-16-8-15-34-3)19-25(26-13-14-29(32)38-26)31-30(33)37-20-22-9-6-5-7-10-22/h5-7,9-12,18,21,24-26H,8,13-17,19-20H2,1-4H3,(H,31,33)/t24-,25-,26-/m1/s1. The molecular formula is C30H41NO7. The molecule has 1 fully saturated rings. The molecule has 2 aromatic carbocycles. The number of cyclic esters (lactones) is 1. The van der Waals surface area contributed by atoms with Crippen LogP contribution in [-0.4, -0.2) is 51.6 Å². The molecule has 3 atom stereocenters. The third kappa shape index (κ3) is 9.24. The number of methoxy groups -OCH3 is 2. The van der Waals surface area contributed by atoms with Gasteiger partial charge in [0.2, 0.25) is 0 Å². The summed E-state index contributed by atoms with van der Waals surface area (Å²) in [6.07, 6.45) is 2.25. The van der Waals surface area contributed by atoms with Crippen molar-refractivity contribution >= 4 is 12.1 Å². The molecule has 2 aromatic rings. The number of amides is 1. The number of hydrogen-bond acceptors (Lipinski definition) is 7. The van der Waals surface area contributed by atoms with Gasteiger partial charge >= 0.3 is 12.1 Å². The van der Waals surface area contributed by atoms with Crippen LogP contribution in [0.4, 0.5) is 4.79 Å². The number of hydrogen-bond donors (Lipinski definition) is 1. The summed E-state index contributed by atoms with van der Waals surface area (Å²) in [6, 6.07) is 15.2. The number of rotatable bonds is 15. The molecule has 0 saturated carbocycles. The van der Waals surface area contributed by atoms with Gasteiger partial charge in [-0.1, -0.05) is 50.2 Å². The molecule has 1 heterocycles. The van der Waals surface area contributed by atoms with Crippen LogP contribution in [0.3, 0.4) is 0 Å². The zero-order valence-electron chi connectivity index (χ0n) is 22.9. The van der Waals surface area contributed by atoms with Gasteiger partial charge < -0.3 is 29.0 Å². The van der Waals surface area contributed by atoms with Crippen molar-refractivity contribution in [1.29, 1.82) is 0 Å². The first-order valence-corrected chi connectivity index (χ1v) is 13.3. The molecule has 208 valence electrons. The van der Waals surface area contributed by atoms with Crippen LogP contribution in [0.15, 0.2) is 48.5 Å². The van der Waals surface area contributed by atoms with Crippen LogP contribution in [0, 0.1) is 11.8 Å². The Balaban J connectivity index is 1.68. The fourth-order valence-electron chi connectivity index (χ4n) is 4.62. The number of nitrogens with one attached hydrogen (secondary N) is 1. The molecule has 38 heavy (non-hydrogen) atoms. The Hall–Kier alpha value is -3.26. The van der Waals surface area contributed by atoms with Crippen molar-refractivity contribution in [1.82, 2.24) is 5.32 Å². The van der Waals surface area contributed by atoms with Crippen molar-refractivity contribution in [3.05, 3.63) is 59.7 Å². The van der Waals surface area contributed by atoms with Crippen molar-refractivity contribution < 1.29 is 33.3 Å². The van der Waals surface area contributed by atoms with Crippen molar-refractivity contribution in [2.24, 2.45) is 11.8 Å². The minimum atomic E-state index is -0.513. The molecule has 1 aliphatic rings. The van der Waals surface area contributed by atoms with Gasteiger partial charge in [0, 0.05) is 26.6 Å². The van der Waals surface area contributed by atoms with Gasteiger partial charge in [0.15, 0.2) is 11.5 Å². The lowest BCUT2D eigenvalue weighted by molar-refractivity contribution is -0.142. The monoisotopic (exact) mass is 527 g/mol. The normalized spacial score (nSPS) is 16.6. The fourth-order valence-corrected chi connectivity index (χ4v) is 4.62. The molecule has 0 aromatic heterocycles. The van der Waals surface area contributed by atoms with E-state index in [4.69, 9.17) is 23.7 Å². The van der Waals surface area contributed by atoms with Crippen LogP contribution in [0.5, 0.6) is 11.5 Å². The first kappa shape index (κ1) is 29.3. The van der Waals surface area contributed by atoms with Crippen molar-refractivity contribution in [2.45, 2.75) is 64.7 Å². The summed E-state index contributed by atoms with van der Waals surface area (Å²) < 4.78 is 27.6. The Kier molecular flexibility index (Phi) is 11.7. The van der Waals surface area contributed by atoms with Crippen LogP contribution in [-0.2, 0) is 32.0 Å². The Morgan fingerprint density at radius 2 is 1.84 bits per heavy atom. The van der Waals surface area contributed by atoms with Gasteiger partial charge in [-0.25, -0.2) is 4.79 Å². The summed E-state index contributed by atoms with van der Waals surface area (Å²) in [6.45, 7) is 5.68. The molecule has 8 nitrogen and oxygen atoms in total. The zero-order valence-corrected chi connectivity index (χ0v) is 22.9. The number of benzene rings is 2. The fraction of sp³-hybridized carbons (Fsp3) is 0.533. The molecule has 1 aliphatic heterocycles. The molecular weight excluding hydrogens is 486 g/mol. The topological polar surface area (TPSA) is 92.3 Å². The average Bonchev–Trinajstić information content (AvgIpc) is 3.36. The largest absolute Gasteiger partial charge is 0.493 e. The third-order valence-electron chi connectivity index (χ3n) is 6.86. The maximum absolute atomic E-state index is 12.7. The van der Waals surface area contributed by atoms with E-state index in [0.717, 1.165) is 24.0 Å². The highest BCUT2D eigenvalue weighted by Crippen LogP contribution is 2.32. The molecule has 1 saturated heterocycles. The molecule has 0 radical (unpaired) electrons. The molecule has 8 heteroatoms. The van der Waals surface area contributed by atoms with Gasteiger partial charge in [-0.2, -0.15) is 0 Å². The summed E-state index contributed by atoms with van der Waals surface area (Å²) in [5, 5.41) is 3.00. The van der Waals surface area contributed by atoms with Crippen molar-refractivity contribution in [3.63, 3.8) is 0 Å². The molecule has 1 amide bonds. The number of alkyl carbamates (subject to hydrolysis) is 1. The predicted octanol–water partition coefficient (Wildman–Crippen LogP) is 5.32. The lowest BCUT2D eigenvalue weighted by atomic mass is 9.82. The van der Waals surface area contributed by atoms with Gasteiger partial charge in [0.1, 0.15) is 12.7 Å². The summed E-state index contributed by atoms with van der Waals surface area (Å²) in [4.78, 5) is 24.6. The van der Waals surface area contributed by atoms with Crippen LogP contribution >= 0.6 is 0 Å². The van der Waals surface area contributed by atoms with Crippen LogP contribution < -0.4 is 14.8 Å².